The van der Waals surface area contributed by atoms with Crippen molar-refractivity contribution in [3.05, 3.63) is 71.3 Å². The van der Waals surface area contributed by atoms with Crippen molar-refractivity contribution >= 4 is 11.8 Å². The largest absolute Gasteiger partial charge is 0.457 e. The van der Waals surface area contributed by atoms with Gasteiger partial charge >= 0.3 is 5.97 Å². The minimum Gasteiger partial charge on any atom is -0.457 e. The van der Waals surface area contributed by atoms with Crippen molar-refractivity contribution < 1.29 is 19.1 Å². The maximum absolute atomic E-state index is 12.6. The number of carbonyl (C=O) groups excluding carboxylic acids is 2. The van der Waals surface area contributed by atoms with Gasteiger partial charge in [-0.3, -0.25) is 4.79 Å². The van der Waals surface area contributed by atoms with E-state index in [-0.39, 0.29) is 17.5 Å². The van der Waals surface area contributed by atoms with Gasteiger partial charge in [0.1, 0.15) is 6.10 Å². The van der Waals surface area contributed by atoms with Crippen molar-refractivity contribution in [1.82, 2.24) is 0 Å². The molecule has 2 rings (SSSR count). The summed E-state index contributed by atoms with van der Waals surface area (Å²) in [5.74, 6) is -0.715. The summed E-state index contributed by atoms with van der Waals surface area (Å²) < 4.78 is 10.6. The second-order valence-corrected chi connectivity index (χ2v) is 5.12. The van der Waals surface area contributed by atoms with Gasteiger partial charge in [-0.2, -0.15) is 0 Å². The van der Waals surface area contributed by atoms with Crippen molar-refractivity contribution in [2.45, 2.75) is 20.0 Å². The van der Waals surface area contributed by atoms with E-state index in [9.17, 15) is 9.59 Å². The number of hydrogen-bond acceptors (Lipinski definition) is 4. The van der Waals surface area contributed by atoms with Crippen molar-refractivity contribution in [2.75, 3.05) is 13.2 Å². The molecule has 0 heterocycles. The van der Waals surface area contributed by atoms with Crippen molar-refractivity contribution in [2.24, 2.45) is 0 Å². The van der Waals surface area contributed by atoms with E-state index in [4.69, 9.17) is 9.47 Å². The molecule has 0 aromatic heterocycles. The summed E-state index contributed by atoms with van der Waals surface area (Å²) in [6, 6.07) is 15.6. The predicted molar refractivity (Wildman–Crippen MR) is 87.7 cm³/mol. The molecule has 0 saturated heterocycles. The molecule has 1 unspecified atom stereocenters. The molecule has 120 valence electrons. The molecule has 0 saturated carbocycles. The van der Waals surface area contributed by atoms with Gasteiger partial charge in [0.25, 0.3) is 0 Å². The molecule has 0 aliphatic rings. The molecule has 0 radical (unpaired) electrons. The second-order valence-electron chi connectivity index (χ2n) is 5.12. The molecule has 0 N–H and O–H groups in total. The molecule has 23 heavy (non-hydrogen) atoms. The molecule has 1 atom stereocenters. The number of benzene rings is 2. The molecular formula is C19H20O4. The Bertz CT molecular complexity index is 664. The summed E-state index contributed by atoms with van der Waals surface area (Å²) in [4.78, 5) is 24.9. The van der Waals surface area contributed by atoms with Crippen LogP contribution in [0.5, 0.6) is 0 Å². The van der Waals surface area contributed by atoms with E-state index in [1.54, 1.807) is 55.5 Å². The Kier molecular flexibility index (Phi) is 6.06. The summed E-state index contributed by atoms with van der Waals surface area (Å²) in [6.07, 6.45) is -0.373. The van der Waals surface area contributed by atoms with Crippen molar-refractivity contribution in [3.63, 3.8) is 0 Å². The van der Waals surface area contributed by atoms with Gasteiger partial charge in [0.05, 0.1) is 12.2 Å². The first-order valence-electron chi connectivity index (χ1n) is 7.61. The molecule has 4 nitrogen and oxygen atoms in total. The summed E-state index contributed by atoms with van der Waals surface area (Å²) in [5, 5.41) is 0. The third kappa shape index (κ3) is 4.50. The number of esters is 1. The molecular weight excluding hydrogens is 292 g/mol. The van der Waals surface area contributed by atoms with Crippen molar-refractivity contribution in [3.8, 4) is 0 Å². The standard InChI is InChI=1S/C19H20O4/c1-3-22-13-14(2)23-19(21)17-12-8-7-11-16(17)18(20)15-9-5-4-6-10-15/h4-12,14H,3,13H2,1-2H3. The molecule has 0 fully saturated rings. The van der Waals surface area contributed by atoms with E-state index in [0.29, 0.717) is 24.3 Å². The number of hydrogen-bond donors (Lipinski definition) is 0. The van der Waals surface area contributed by atoms with Crippen molar-refractivity contribution in [1.29, 1.82) is 0 Å². The topological polar surface area (TPSA) is 52.6 Å². The second kappa shape index (κ2) is 8.25. The van der Waals surface area contributed by atoms with E-state index in [1.807, 2.05) is 13.0 Å². The Labute approximate surface area is 136 Å². The zero-order valence-electron chi connectivity index (χ0n) is 13.3. The fourth-order valence-electron chi connectivity index (χ4n) is 2.17. The predicted octanol–water partition coefficient (Wildman–Crippen LogP) is 3.50. The van der Waals surface area contributed by atoms with Crippen LogP contribution in [0.15, 0.2) is 54.6 Å². The molecule has 2 aromatic rings. The molecule has 4 heteroatoms. The van der Waals surface area contributed by atoms with Gasteiger partial charge in [0.2, 0.25) is 0 Å². The molecule has 0 aliphatic carbocycles. The van der Waals surface area contributed by atoms with Gasteiger partial charge in [-0.15, -0.1) is 0 Å². The lowest BCUT2D eigenvalue weighted by atomic mass is 9.98. The SMILES string of the molecule is CCOCC(C)OC(=O)c1ccccc1C(=O)c1ccccc1. The lowest BCUT2D eigenvalue weighted by Gasteiger charge is -2.14. The zero-order valence-corrected chi connectivity index (χ0v) is 13.3. The van der Waals surface area contributed by atoms with Crippen LogP contribution in [-0.2, 0) is 9.47 Å². The minimum absolute atomic E-state index is 0.199. The van der Waals surface area contributed by atoms with Crippen LogP contribution in [-0.4, -0.2) is 31.1 Å². The van der Waals surface area contributed by atoms with E-state index in [2.05, 4.69) is 0 Å². The Morgan fingerprint density at radius 1 is 0.957 bits per heavy atom. The summed E-state index contributed by atoms with van der Waals surface area (Å²) in [5.41, 5.74) is 1.15. The minimum atomic E-state index is -0.517. The van der Waals surface area contributed by atoms with Crippen LogP contribution in [0.4, 0.5) is 0 Å². The van der Waals surface area contributed by atoms with E-state index < -0.39 is 5.97 Å². The monoisotopic (exact) mass is 312 g/mol. The van der Waals surface area contributed by atoms with Crippen LogP contribution < -0.4 is 0 Å². The van der Waals surface area contributed by atoms with Crippen LogP contribution in [0.3, 0.4) is 0 Å². The van der Waals surface area contributed by atoms with Crippen LogP contribution in [0, 0.1) is 0 Å². The van der Waals surface area contributed by atoms with E-state index in [0.717, 1.165) is 0 Å². The lowest BCUT2D eigenvalue weighted by molar-refractivity contribution is 0.00429. The molecule has 0 spiro atoms. The Morgan fingerprint density at radius 2 is 1.57 bits per heavy atom. The average molecular weight is 312 g/mol. The highest BCUT2D eigenvalue weighted by Gasteiger charge is 2.20. The highest BCUT2D eigenvalue weighted by atomic mass is 16.6. The zero-order chi connectivity index (χ0) is 16.7. The molecule has 2 aromatic carbocycles. The third-order valence-electron chi connectivity index (χ3n) is 3.29. The smallest absolute Gasteiger partial charge is 0.339 e. The van der Waals surface area contributed by atoms with Crippen LogP contribution in [0.1, 0.15) is 40.1 Å². The first kappa shape index (κ1) is 16.9. The average Bonchev–Trinajstić information content (AvgIpc) is 2.60. The first-order valence-corrected chi connectivity index (χ1v) is 7.61. The fourth-order valence-corrected chi connectivity index (χ4v) is 2.17. The van der Waals surface area contributed by atoms with Crippen LogP contribution >= 0.6 is 0 Å². The van der Waals surface area contributed by atoms with Crippen LogP contribution in [0.25, 0.3) is 0 Å². The molecule has 0 bridgehead atoms. The fraction of sp³-hybridized carbons (Fsp3) is 0.263. The Hall–Kier alpha value is -2.46. The summed E-state index contributed by atoms with van der Waals surface area (Å²) >= 11 is 0. The summed E-state index contributed by atoms with van der Waals surface area (Å²) in [6.45, 7) is 4.53. The van der Waals surface area contributed by atoms with Crippen LogP contribution in [0.2, 0.25) is 0 Å². The lowest BCUT2D eigenvalue weighted by Crippen LogP contribution is -2.22. The normalized spacial score (nSPS) is 11.7. The number of rotatable bonds is 7. The van der Waals surface area contributed by atoms with E-state index in [1.165, 1.54) is 0 Å². The maximum atomic E-state index is 12.6. The Morgan fingerprint density at radius 3 is 2.22 bits per heavy atom. The summed E-state index contributed by atoms with van der Waals surface area (Å²) in [7, 11) is 0. The Balaban J connectivity index is 2.20. The molecule has 0 aliphatic heterocycles. The van der Waals surface area contributed by atoms with E-state index >= 15 is 0 Å². The third-order valence-corrected chi connectivity index (χ3v) is 3.29. The quantitative estimate of drug-likeness (QED) is 0.580. The van der Waals surface area contributed by atoms with Gasteiger partial charge in [-0.25, -0.2) is 4.79 Å². The number of ether oxygens (including phenoxy) is 2. The highest BCUT2D eigenvalue weighted by molar-refractivity contribution is 6.14. The number of ketones is 1. The highest BCUT2D eigenvalue weighted by Crippen LogP contribution is 2.16. The number of carbonyl (C=O) groups is 2. The van der Waals surface area contributed by atoms with Gasteiger partial charge in [0, 0.05) is 17.7 Å². The maximum Gasteiger partial charge on any atom is 0.339 e. The first-order chi connectivity index (χ1) is 11.1. The van der Waals surface area contributed by atoms with Gasteiger partial charge in [-0.05, 0) is 19.9 Å². The van der Waals surface area contributed by atoms with Gasteiger partial charge in [0.15, 0.2) is 5.78 Å². The van der Waals surface area contributed by atoms with Gasteiger partial charge < -0.3 is 9.47 Å². The van der Waals surface area contributed by atoms with Gasteiger partial charge in [-0.1, -0.05) is 48.5 Å². The molecule has 0 amide bonds.